The van der Waals surface area contributed by atoms with E-state index in [1.165, 1.54) is 11.8 Å². The molecule has 0 aliphatic carbocycles. The van der Waals surface area contributed by atoms with Gasteiger partial charge in [0.15, 0.2) is 0 Å². The molecule has 3 rings (SSSR count). The second kappa shape index (κ2) is 7.14. The molecule has 2 unspecified atom stereocenters. The van der Waals surface area contributed by atoms with Gasteiger partial charge in [-0.3, -0.25) is 4.79 Å². The molecule has 1 aliphatic rings. The number of aromatic nitrogens is 4. The fraction of sp³-hybridized carbons (Fsp3) is 0.571. The van der Waals surface area contributed by atoms with E-state index in [4.69, 9.17) is 9.15 Å². The summed E-state index contributed by atoms with van der Waals surface area (Å²) in [7, 11) is 0. The summed E-state index contributed by atoms with van der Waals surface area (Å²) in [5.74, 6) is 1.14. The smallest absolute Gasteiger partial charge is 0.233 e. The Kier molecular flexibility index (Phi) is 4.97. The van der Waals surface area contributed by atoms with E-state index < -0.39 is 0 Å². The Balaban J connectivity index is 1.56. The number of rotatable bonds is 5. The van der Waals surface area contributed by atoms with E-state index >= 15 is 0 Å². The summed E-state index contributed by atoms with van der Waals surface area (Å²) in [4.78, 5) is 14.2. The molecule has 124 valence electrons. The molecule has 0 aromatic carbocycles. The monoisotopic (exact) mass is 337 g/mol. The molecule has 2 atom stereocenters. The lowest BCUT2D eigenvalue weighted by molar-refractivity contribution is -0.140. The lowest BCUT2D eigenvalue weighted by atomic mass is 10.2. The van der Waals surface area contributed by atoms with E-state index in [2.05, 4.69) is 15.5 Å². The zero-order valence-electron chi connectivity index (χ0n) is 13.1. The van der Waals surface area contributed by atoms with Gasteiger partial charge in [0.1, 0.15) is 12.3 Å². The number of carbonyl (C=O) groups excluding carboxylic acids is 1. The molecule has 0 N–H and O–H groups in total. The maximum Gasteiger partial charge on any atom is 0.233 e. The summed E-state index contributed by atoms with van der Waals surface area (Å²) >= 11 is 1.33. The van der Waals surface area contributed by atoms with Crippen LogP contribution >= 0.6 is 11.8 Å². The van der Waals surface area contributed by atoms with Crippen molar-refractivity contribution in [2.75, 3.05) is 18.8 Å². The van der Waals surface area contributed by atoms with Crippen LogP contribution in [-0.2, 0) is 16.1 Å². The number of carbonyl (C=O) groups is 1. The summed E-state index contributed by atoms with van der Waals surface area (Å²) in [5, 5.41) is 12.2. The Morgan fingerprint density at radius 2 is 2.17 bits per heavy atom. The maximum absolute atomic E-state index is 12.4. The first-order chi connectivity index (χ1) is 11.1. The zero-order chi connectivity index (χ0) is 16.2. The Morgan fingerprint density at radius 1 is 1.39 bits per heavy atom. The number of morpholine rings is 1. The number of ether oxygens (including phenoxy) is 1. The zero-order valence-corrected chi connectivity index (χ0v) is 13.9. The quantitative estimate of drug-likeness (QED) is 0.754. The van der Waals surface area contributed by atoms with Crippen LogP contribution in [0.2, 0.25) is 0 Å². The van der Waals surface area contributed by atoms with Crippen molar-refractivity contribution in [2.24, 2.45) is 0 Å². The van der Waals surface area contributed by atoms with Gasteiger partial charge in [0.25, 0.3) is 0 Å². The third-order valence-electron chi connectivity index (χ3n) is 3.48. The van der Waals surface area contributed by atoms with Gasteiger partial charge in [-0.25, -0.2) is 4.68 Å². The largest absolute Gasteiger partial charge is 0.467 e. The molecule has 0 spiro atoms. The van der Waals surface area contributed by atoms with E-state index in [0.717, 1.165) is 5.76 Å². The number of tetrazole rings is 1. The topological polar surface area (TPSA) is 86.3 Å². The summed E-state index contributed by atoms with van der Waals surface area (Å²) in [5.41, 5.74) is 0. The first-order valence-corrected chi connectivity index (χ1v) is 8.45. The van der Waals surface area contributed by atoms with E-state index in [1.54, 1.807) is 10.9 Å². The highest BCUT2D eigenvalue weighted by Gasteiger charge is 2.26. The van der Waals surface area contributed by atoms with Crippen LogP contribution in [0.25, 0.3) is 0 Å². The predicted octanol–water partition coefficient (Wildman–Crippen LogP) is 1.04. The Morgan fingerprint density at radius 3 is 2.87 bits per heavy atom. The molecule has 3 heterocycles. The molecule has 1 saturated heterocycles. The summed E-state index contributed by atoms with van der Waals surface area (Å²) in [6.07, 6.45) is 1.74. The van der Waals surface area contributed by atoms with Crippen molar-refractivity contribution in [1.82, 2.24) is 25.1 Å². The highest BCUT2D eigenvalue weighted by molar-refractivity contribution is 7.99. The van der Waals surface area contributed by atoms with Gasteiger partial charge in [-0.2, -0.15) is 0 Å². The van der Waals surface area contributed by atoms with E-state index in [-0.39, 0.29) is 18.1 Å². The summed E-state index contributed by atoms with van der Waals surface area (Å²) in [6, 6.07) is 3.68. The second-order valence-corrected chi connectivity index (χ2v) is 6.49. The van der Waals surface area contributed by atoms with Crippen LogP contribution in [0.3, 0.4) is 0 Å². The molecule has 23 heavy (non-hydrogen) atoms. The van der Waals surface area contributed by atoms with Crippen molar-refractivity contribution in [3.05, 3.63) is 24.2 Å². The molecular weight excluding hydrogens is 318 g/mol. The molecule has 0 saturated carbocycles. The Hall–Kier alpha value is -1.87. The van der Waals surface area contributed by atoms with Crippen molar-refractivity contribution in [2.45, 2.75) is 37.8 Å². The van der Waals surface area contributed by atoms with Crippen molar-refractivity contribution in [3.63, 3.8) is 0 Å². The van der Waals surface area contributed by atoms with Gasteiger partial charge >= 0.3 is 0 Å². The molecule has 0 radical (unpaired) electrons. The van der Waals surface area contributed by atoms with Gasteiger partial charge in [0.2, 0.25) is 11.1 Å². The first kappa shape index (κ1) is 16.0. The van der Waals surface area contributed by atoms with E-state index in [9.17, 15) is 4.79 Å². The van der Waals surface area contributed by atoms with Gasteiger partial charge in [-0.05, 0) is 36.4 Å². The number of hydrogen-bond acceptors (Lipinski definition) is 7. The van der Waals surface area contributed by atoms with Crippen LogP contribution < -0.4 is 0 Å². The van der Waals surface area contributed by atoms with Crippen LogP contribution in [0.15, 0.2) is 28.0 Å². The van der Waals surface area contributed by atoms with Crippen molar-refractivity contribution in [1.29, 1.82) is 0 Å². The Labute approximate surface area is 138 Å². The van der Waals surface area contributed by atoms with Gasteiger partial charge in [-0.15, -0.1) is 5.10 Å². The van der Waals surface area contributed by atoms with Gasteiger partial charge in [0.05, 0.1) is 24.2 Å². The second-order valence-electron chi connectivity index (χ2n) is 5.54. The highest BCUT2D eigenvalue weighted by atomic mass is 32.2. The molecule has 0 bridgehead atoms. The lowest BCUT2D eigenvalue weighted by Gasteiger charge is -2.35. The molecule has 2 aromatic heterocycles. The molecule has 1 aliphatic heterocycles. The summed E-state index contributed by atoms with van der Waals surface area (Å²) < 4.78 is 12.6. The SMILES string of the molecule is CC1CN(C(=O)CSc2nnnn2Cc2ccco2)CC(C)O1. The van der Waals surface area contributed by atoms with Crippen LogP contribution in [-0.4, -0.2) is 62.1 Å². The number of nitrogens with zero attached hydrogens (tertiary/aromatic N) is 5. The molecular formula is C14H19N5O3S. The average molecular weight is 337 g/mol. The maximum atomic E-state index is 12.4. The van der Waals surface area contributed by atoms with Gasteiger partial charge in [0, 0.05) is 13.1 Å². The van der Waals surface area contributed by atoms with Crippen molar-refractivity contribution < 1.29 is 13.9 Å². The minimum atomic E-state index is 0.0666. The van der Waals surface area contributed by atoms with Gasteiger partial charge in [-0.1, -0.05) is 11.8 Å². The number of thioether (sulfide) groups is 1. The summed E-state index contributed by atoms with van der Waals surface area (Å²) in [6.45, 7) is 5.66. The van der Waals surface area contributed by atoms with Crippen LogP contribution in [0.1, 0.15) is 19.6 Å². The fourth-order valence-corrected chi connectivity index (χ4v) is 3.33. The van der Waals surface area contributed by atoms with Gasteiger partial charge < -0.3 is 14.1 Å². The molecule has 1 fully saturated rings. The van der Waals surface area contributed by atoms with E-state index in [1.807, 2.05) is 30.9 Å². The standard InChI is InChI=1S/C14H19N5O3S/c1-10-6-18(7-11(2)22-10)13(20)9-23-14-15-16-17-19(14)8-12-4-3-5-21-12/h3-5,10-11H,6-9H2,1-2H3. The lowest BCUT2D eigenvalue weighted by Crippen LogP contribution is -2.48. The number of hydrogen-bond donors (Lipinski definition) is 0. The third kappa shape index (κ3) is 4.11. The number of amides is 1. The first-order valence-electron chi connectivity index (χ1n) is 7.46. The third-order valence-corrected chi connectivity index (χ3v) is 4.42. The van der Waals surface area contributed by atoms with E-state index in [0.29, 0.717) is 30.5 Å². The molecule has 8 nitrogen and oxygen atoms in total. The number of furan rings is 1. The fourth-order valence-electron chi connectivity index (χ4n) is 2.55. The molecule has 9 heteroatoms. The minimum Gasteiger partial charge on any atom is -0.467 e. The Bertz CT molecular complexity index is 635. The van der Waals surface area contributed by atoms with Crippen LogP contribution in [0, 0.1) is 0 Å². The molecule has 2 aromatic rings. The van der Waals surface area contributed by atoms with Crippen LogP contribution in [0.5, 0.6) is 0 Å². The van der Waals surface area contributed by atoms with Crippen molar-refractivity contribution >= 4 is 17.7 Å². The van der Waals surface area contributed by atoms with Crippen molar-refractivity contribution in [3.8, 4) is 0 Å². The predicted molar refractivity (Wildman–Crippen MR) is 82.9 cm³/mol. The normalized spacial score (nSPS) is 21.6. The minimum absolute atomic E-state index is 0.0666. The average Bonchev–Trinajstić information content (AvgIpc) is 3.16. The molecule has 1 amide bonds. The highest BCUT2D eigenvalue weighted by Crippen LogP contribution is 2.18. The van der Waals surface area contributed by atoms with Crippen LogP contribution in [0.4, 0.5) is 0 Å².